The number of aromatic nitrogens is 3. The minimum Gasteiger partial charge on any atom is -0.490 e. The van der Waals surface area contributed by atoms with Gasteiger partial charge in [-0.2, -0.15) is 0 Å². The third-order valence-electron chi connectivity index (χ3n) is 5.42. The molecule has 0 radical (unpaired) electrons. The number of hydrogen-bond donors (Lipinski definition) is 0. The smallest absolute Gasteiger partial charge is 0.167 e. The van der Waals surface area contributed by atoms with Crippen LogP contribution in [0.2, 0.25) is 0 Å². The fourth-order valence-corrected chi connectivity index (χ4v) is 3.27. The van der Waals surface area contributed by atoms with Gasteiger partial charge in [-0.1, -0.05) is 12.1 Å². The van der Waals surface area contributed by atoms with Crippen LogP contribution in [-0.4, -0.2) is 28.3 Å². The van der Waals surface area contributed by atoms with Crippen molar-refractivity contribution in [3.63, 3.8) is 0 Å². The van der Waals surface area contributed by atoms with Crippen LogP contribution in [0.4, 0.5) is 4.39 Å². The summed E-state index contributed by atoms with van der Waals surface area (Å²) in [4.78, 5) is 0. The molecule has 1 aliphatic rings. The summed E-state index contributed by atoms with van der Waals surface area (Å²) in [5, 5.41) is 8.71. The average Bonchev–Trinajstić information content (AvgIpc) is 3.40. The second-order valence-electron chi connectivity index (χ2n) is 7.49. The lowest BCUT2D eigenvalue weighted by Crippen LogP contribution is -2.32. The molecule has 2 aromatic heterocycles. The molecule has 0 aliphatic heterocycles. The third-order valence-corrected chi connectivity index (χ3v) is 5.42. The first-order chi connectivity index (χ1) is 13.0. The molecule has 27 heavy (non-hydrogen) atoms. The number of nitrogens with zero attached hydrogens (tertiary/aromatic N) is 3. The van der Waals surface area contributed by atoms with Crippen LogP contribution in [0.3, 0.4) is 0 Å². The lowest BCUT2D eigenvalue weighted by Gasteiger charge is -2.29. The number of halogens is 1. The summed E-state index contributed by atoms with van der Waals surface area (Å²) in [5.74, 6) is 2.24. The van der Waals surface area contributed by atoms with Gasteiger partial charge in [0.1, 0.15) is 29.6 Å². The molecular formula is C21H24FN3O2. The van der Waals surface area contributed by atoms with E-state index in [-0.39, 0.29) is 5.82 Å². The summed E-state index contributed by atoms with van der Waals surface area (Å²) in [6.07, 6.45) is 5.52. The standard InChI is InChI=1S/C21H24FN3O2/c1-14-18(10-11-25-19(12-15-4-5-15)23-24-20(14)25)27-13-21(2,26-3)16-6-8-17(22)9-7-16/h6-11,15H,4-5,12-13H2,1-3H3. The van der Waals surface area contributed by atoms with Gasteiger partial charge in [0.15, 0.2) is 5.65 Å². The topological polar surface area (TPSA) is 48.7 Å². The molecule has 1 saturated carbocycles. The molecule has 0 saturated heterocycles. The predicted octanol–water partition coefficient (Wildman–Crippen LogP) is 4.07. The molecule has 3 aromatic rings. The lowest BCUT2D eigenvalue weighted by atomic mass is 9.96. The molecule has 4 rings (SSSR count). The molecule has 2 heterocycles. The van der Waals surface area contributed by atoms with Crippen molar-refractivity contribution in [2.24, 2.45) is 5.92 Å². The first-order valence-electron chi connectivity index (χ1n) is 9.27. The maximum Gasteiger partial charge on any atom is 0.167 e. The minimum atomic E-state index is -0.683. The van der Waals surface area contributed by atoms with Crippen molar-refractivity contribution in [3.8, 4) is 5.75 Å². The summed E-state index contributed by atoms with van der Waals surface area (Å²) < 4.78 is 27.1. The van der Waals surface area contributed by atoms with Gasteiger partial charge in [0, 0.05) is 25.3 Å². The molecule has 1 unspecified atom stereocenters. The molecule has 1 atom stereocenters. The summed E-state index contributed by atoms with van der Waals surface area (Å²) in [7, 11) is 1.63. The second-order valence-corrected chi connectivity index (χ2v) is 7.49. The van der Waals surface area contributed by atoms with Crippen molar-refractivity contribution in [2.45, 2.75) is 38.7 Å². The molecule has 142 valence electrons. The summed E-state index contributed by atoms with van der Waals surface area (Å²) in [5.41, 5.74) is 1.95. The first kappa shape index (κ1) is 17.9. The molecule has 0 spiro atoms. The van der Waals surface area contributed by atoms with Crippen LogP contribution in [0.1, 0.15) is 36.7 Å². The van der Waals surface area contributed by atoms with Crippen LogP contribution in [-0.2, 0) is 16.8 Å². The van der Waals surface area contributed by atoms with E-state index in [1.807, 2.05) is 26.1 Å². The number of methoxy groups -OCH3 is 1. The molecule has 0 bridgehead atoms. The van der Waals surface area contributed by atoms with Crippen molar-refractivity contribution in [1.29, 1.82) is 0 Å². The van der Waals surface area contributed by atoms with Crippen molar-refractivity contribution in [1.82, 2.24) is 14.6 Å². The lowest BCUT2D eigenvalue weighted by molar-refractivity contribution is -0.0345. The Labute approximate surface area is 158 Å². The third kappa shape index (κ3) is 3.54. The van der Waals surface area contributed by atoms with Crippen molar-refractivity contribution in [2.75, 3.05) is 13.7 Å². The average molecular weight is 369 g/mol. The van der Waals surface area contributed by atoms with E-state index in [9.17, 15) is 4.39 Å². The van der Waals surface area contributed by atoms with E-state index >= 15 is 0 Å². The van der Waals surface area contributed by atoms with Gasteiger partial charge in [-0.05, 0) is 56.4 Å². The number of fused-ring (bicyclic) bond motifs is 1. The highest BCUT2D eigenvalue weighted by Gasteiger charge is 2.28. The molecule has 6 heteroatoms. The van der Waals surface area contributed by atoms with Gasteiger partial charge < -0.3 is 9.47 Å². The Kier molecular flexibility index (Phi) is 4.60. The van der Waals surface area contributed by atoms with E-state index in [0.29, 0.717) is 6.61 Å². The molecule has 0 N–H and O–H groups in total. The Morgan fingerprint density at radius 1 is 1.19 bits per heavy atom. The van der Waals surface area contributed by atoms with Crippen molar-refractivity contribution >= 4 is 5.65 Å². The van der Waals surface area contributed by atoms with E-state index in [1.54, 1.807) is 19.2 Å². The van der Waals surface area contributed by atoms with Gasteiger partial charge in [0.2, 0.25) is 0 Å². The zero-order chi connectivity index (χ0) is 19.0. The second kappa shape index (κ2) is 6.93. The number of aryl methyl sites for hydroxylation is 1. The summed E-state index contributed by atoms with van der Waals surface area (Å²) in [6, 6.07) is 8.26. The van der Waals surface area contributed by atoms with Gasteiger partial charge in [0.05, 0.1) is 0 Å². The number of ether oxygens (including phenoxy) is 2. The van der Waals surface area contributed by atoms with E-state index in [2.05, 4.69) is 14.6 Å². The van der Waals surface area contributed by atoms with Crippen LogP contribution in [0.25, 0.3) is 5.65 Å². The summed E-state index contributed by atoms with van der Waals surface area (Å²) in [6.45, 7) is 4.22. The Hall–Kier alpha value is -2.47. The van der Waals surface area contributed by atoms with Gasteiger partial charge >= 0.3 is 0 Å². The quantitative estimate of drug-likeness (QED) is 0.630. The fourth-order valence-electron chi connectivity index (χ4n) is 3.27. The highest BCUT2D eigenvalue weighted by Crippen LogP contribution is 2.33. The Morgan fingerprint density at radius 3 is 2.59 bits per heavy atom. The number of hydrogen-bond acceptors (Lipinski definition) is 4. The maximum absolute atomic E-state index is 13.2. The largest absolute Gasteiger partial charge is 0.490 e. The highest BCUT2D eigenvalue weighted by molar-refractivity contribution is 5.54. The number of pyridine rings is 1. The van der Waals surface area contributed by atoms with Crippen LogP contribution >= 0.6 is 0 Å². The number of benzene rings is 1. The van der Waals surface area contributed by atoms with Crippen LogP contribution in [0, 0.1) is 18.7 Å². The fraction of sp³-hybridized carbons (Fsp3) is 0.429. The number of rotatable bonds is 7. The van der Waals surface area contributed by atoms with Crippen LogP contribution in [0.15, 0.2) is 36.5 Å². The van der Waals surface area contributed by atoms with Gasteiger partial charge in [-0.25, -0.2) is 4.39 Å². The van der Waals surface area contributed by atoms with Gasteiger partial charge in [-0.3, -0.25) is 4.40 Å². The predicted molar refractivity (Wildman–Crippen MR) is 100 cm³/mol. The van der Waals surface area contributed by atoms with E-state index in [0.717, 1.165) is 40.7 Å². The molecule has 5 nitrogen and oxygen atoms in total. The molecule has 1 aliphatic carbocycles. The normalized spacial score (nSPS) is 16.4. The Bertz CT molecular complexity index is 950. The van der Waals surface area contributed by atoms with E-state index in [4.69, 9.17) is 9.47 Å². The zero-order valence-electron chi connectivity index (χ0n) is 15.9. The van der Waals surface area contributed by atoms with Gasteiger partial charge in [0.25, 0.3) is 0 Å². The minimum absolute atomic E-state index is 0.270. The first-order valence-corrected chi connectivity index (χ1v) is 9.27. The molecule has 1 fully saturated rings. The summed E-state index contributed by atoms with van der Waals surface area (Å²) >= 11 is 0. The molecular weight excluding hydrogens is 345 g/mol. The van der Waals surface area contributed by atoms with E-state index in [1.165, 1.54) is 25.0 Å². The molecule has 1 aromatic carbocycles. The Morgan fingerprint density at radius 2 is 1.93 bits per heavy atom. The van der Waals surface area contributed by atoms with E-state index < -0.39 is 5.60 Å². The zero-order valence-corrected chi connectivity index (χ0v) is 15.9. The van der Waals surface area contributed by atoms with Crippen molar-refractivity contribution < 1.29 is 13.9 Å². The Balaban J connectivity index is 1.55. The maximum atomic E-state index is 13.2. The SMILES string of the molecule is COC(C)(COc1ccn2c(CC3CC3)nnc2c1C)c1ccc(F)cc1. The monoisotopic (exact) mass is 369 g/mol. The molecule has 0 amide bonds. The van der Waals surface area contributed by atoms with Crippen LogP contribution in [0.5, 0.6) is 5.75 Å². The highest BCUT2D eigenvalue weighted by atomic mass is 19.1. The van der Waals surface area contributed by atoms with Crippen LogP contribution < -0.4 is 4.74 Å². The van der Waals surface area contributed by atoms with Crippen molar-refractivity contribution in [3.05, 3.63) is 59.3 Å². The van der Waals surface area contributed by atoms with Gasteiger partial charge in [-0.15, -0.1) is 10.2 Å².